The molecule has 0 amide bonds. The van der Waals surface area contributed by atoms with Crippen LogP contribution in [-0.2, 0) is 19.1 Å². The van der Waals surface area contributed by atoms with Crippen molar-refractivity contribution in [3.05, 3.63) is 41.2 Å². The summed E-state index contributed by atoms with van der Waals surface area (Å²) in [7, 11) is 1.51. The third kappa shape index (κ3) is 11.0. The molecule has 10 nitrogen and oxygen atoms in total. The number of hydrogen-bond donors (Lipinski definition) is 1. The maximum atomic E-state index is 11.2. The fourth-order valence-corrected chi connectivity index (χ4v) is 3.39. The van der Waals surface area contributed by atoms with Crippen LogP contribution < -0.4 is 10.2 Å². The molecule has 13 heteroatoms. The van der Waals surface area contributed by atoms with Gasteiger partial charge < -0.3 is 19.7 Å². The zero-order chi connectivity index (χ0) is 27.4. The Balaban J connectivity index is 0.000000296. The molecule has 0 saturated carbocycles. The molecule has 2 aromatic rings. The Kier molecular flexibility index (Phi) is 13.7. The largest absolute Gasteiger partial charge is 0.469 e. The number of rotatable bonds is 3. The van der Waals surface area contributed by atoms with Gasteiger partial charge in [-0.3, -0.25) is 9.59 Å². The molecule has 4 heterocycles. The number of carbonyl (C=O) groups excluding carboxylic acids is 2. The van der Waals surface area contributed by atoms with Crippen LogP contribution in [0, 0.1) is 35.6 Å². The van der Waals surface area contributed by atoms with Crippen LogP contribution in [0.25, 0.3) is 0 Å². The van der Waals surface area contributed by atoms with Crippen molar-refractivity contribution in [2.24, 2.45) is 11.8 Å². The van der Waals surface area contributed by atoms with E-state index in [1.54, 1.807) is 24.8 Å². The smallest absolute Gasteiger partial charge is 0.312 e. The number of anilines is 1. The Hall–Kier alpha value is -3.22. The molecular weight excluding hydrogens is 547 g/mol. The first-order valence-electron chi connectivity index (χ1n) is 11.5. The van der Waals surface area contributed by atoms with E-state index in [-0.39, 0.29) is 41.5 Å². The lowest BCUT2D eigenvalue weighted by molar-refractivity contribution is -0.147. The minimum absolute atomic E-state index is 0. The molecule has 2 aromatic heterocycles. The zero-order valence-corrected chi connectivity index (χ0v) is 24.6. The van der Waals surface area contributed by atoms with Crippen LogP contribution in [0.4, 0.5) is 5.95 Å². The lowest BCUT2D eigenvalue weighted by Crippen LogP contribution is -2.51. The highest BCUT2D eigenvalue weighted by Gasteiger charge is 2.34. The lowest BCUT2D eigenvalue weighted by Gasteiger charge is -2.37. The second-order valence-corrected chi connectivity index (χ2v) is 14.2. The maximum absolute atomic E-state index is 11.2. The molecular formula is C25H32Cl2N6O4Si. The highest BCUT2D eigenvalue weighted by Crippen LogP contribution is 2.21. The SMILES string of the molecule is C#Cc1cnc(N2CC(C(=O)OC)C2)nc1.COC(=O)C1CNC1.C[Si](C)(C)C#Cc1cnc(Cl)nc1.Cl. The molecule has 0 atom stereocenters. The number of hydrogen-bond acceptors (Lipinski definition) is 10. The zero-order valence-electron chi connectivity index (χ0n) is 22.0. The minimum Gasteiger partial charge on any atom is -0.469 e. The Bertz CT molecular complexity index is 1150. The molecule has 2 fully saturated rings. The van der Waals surface area contributed by atoms with Crippen LogP contribution >= 0.6 is 24.0 Å². The van der Waals surface area contributed by atoms with Crippen molar-refractivity contribution in [3.8, 4) is 23.8 Å². The summed E-state index contributed by atoms with van der Waals surface area (Å²) in [5, 5.41) is 3.24. The molecule has 1 N–H and O–H groups in total. The molecule has 204 valence electrons. The number of carbonyl (C=O) groups is 2. The van der Waals surface area contributed by atoms with Gasteiger partial charge >= 0.3 is 11.9 Å². The number of methoxy groups -OCH3 is 2. The number of terminal acetylenes is 1. The summed E-state index contributed by atoms with van der Waals surface area (Å²) in [5.41, 5.74) is 4.70. The quantitative estimate of drug-likeness (QED) is 0.251. The molecule has 0 bridgehead atoms. The van der Waals surface area contributed by atoms with Gasteiger partial charge in [-0.15, -0.1) is 24.4 Å². The van der Waals surface area contributed by atoms with Crippen LogP contribution in [0.15, 0.2) is 24.8 Å². The molecule has 2 aliphatic rings. The summed E-state index contributed by atoms with van der Waals surface area (Å²) < 4.78 is 9.12. The third-order valence-electron chi connectivity index (χ3n) is 5.02. The first-order chi connectivity index (χ1) is 17.6. The third-order valence-corrected chi connectivity index (χ3v) is 6.09. The fourth-order valence-electron chi connectivity index (χ4n) is 2.78. The van der Waals surface area contributed by atoms with Crippen molar-refractivity contribution < 1.29 is 19.1 Å². The minimum atomic E-state index is -1.30. The van der Waals surface area contributed by atoms with E-state index in [1.807, 2.05) is 4.90 Å². The van der Waals surface area contributed by atoms with E-state index in [1.165, 1.54) is 14.2 Å². The number of esters is 2. The van der Waals surface area contributed by atoms with Crippen LogP contribution in [-0.4, -0.2) is 80.3 Å². The van der Waals surface area contributed by atoms with Gasteiger partial charge in [-0.2, -0.15) is 0 Å². The second kappa shape index (κ2) is 15.9. The number of ether oxygens (including phenoxy) is 2. The summed E-state index contributed by atoms with van der Waals surface area (Å²) in [4.78, 5) is 39.5. The molecule has 0 unspecified atom stereocenters. The monoisotopic (exact) mass is 578 g/mol. The molecule has 2 aliphatic heterocycles. The van der Waals surface area contributed by atoms with Crippen LogP contribution in [0.1, 0.15) is 11.1 Å². The van der Waals surface area contributed by atoms with Gasteiger partial charge in [0.15, 0.2) is 0 Å². The first kappa shape index (κ1) is 32.8. The number of halogens is 2. The van der Waals surface area contributed by atoms with Crippen molar-refractivity contribution in [3.63, 3.8) is 0 Å². The second-order valence-electron chi connectivity index (χ2n) is 9.16. The van der Waals surface area contributed by atoms with E-state index in [2.05, 4.69) is 71.8 Å². The average Bonchev–Trinajstić information content (AvgIpc) is 2.82. The van der Waals surface area contributed by atoms with Gasteiger partial charge in [-0.05, 0) is 11.6 Å². The maximum Gasteiger partial charge on any atom is 0.312 e. The number of nitrogens with one attached hydrogen (secondary N) is 1. The molecule has 4 rings (SSSR count). The average molecular weight is 580 g/mol. The summed E-state index contributed by atoms with van der Waals surface area (Å²) >= 11 is 5.54. The van der Waals surface area contributed by atoms with Crippen molar-refractivity contribution in [1.29, 1.82) is 0 Å². The highest BCUT2D eigenvalue weighted by molar-refractivity contribution is 6.83. The Morgan fingerprint density at radius 2 is 1.47 bits per heavy atom. The molecule has 2 saturated heterocycles. The van der Waals surface area contributed by atoms with E-state index < -0.39 is 8.07 Å². The molecule has 0 aliphatic carbocycles. The van der Waals surface area contributed by atoms with Crippen LogP contribution in [0.3, 0.4) is 0 Å². The van der Waals surface area contributed by atoms with Gasteiger partial charge in [0, 0.05) is 51.0 Å². The van der Waals surface area contributed by atoms with Crippen molar-refractivity contribution >= 4 is 50.0 Å². The van der Waals surface area contributed by atoms with Crippen LogP contribution in [0.5, 0.6) is 0 Å². The van der Waals surface area contributed by atoms with E-state index in [4.69, 9.17) is 18.0 Å². The highest BCUT2D eigenvalue weighted by atomic mass is 35.5. The summed E-state index contributed by atoms with van der Waals surface area (Å²) in [5.74, 6) is 5.86. The van der Waals surface area contributed by atoms with Crippen molar-refractivity contribution in [2.45, 2.75) is 19.6 Å². The Morgan fingerprint density at radius 1 is 0.974 bits per heavy atom. The molecule has 0 radical (unpaired) electrons. The topological polar surface area (TPSA) is 119 Å². The summed E-state index contributed by atoms with van der Waals surface area (Å²) in [6, 6.07) is 0. The van der Waals surface area contributed by atoms with Gasteiger partial charge in [0.1, 0.15) is 8.07 Å². The van der Waals surface area contributed by atoms with Gasteiger partial charge in [0.2, 0.25) is 11.2 Å². The fraction of sp³-hybridized carbons (Fsp3) is 0.440. The van der Waals surface area contributed by atoms with Crippen LogP contribution in [0.2, 0.25) is 24.9 Å². The van der Waals surface area contributed by atoms with E-state index >= 15 is 0 Å². The van der Waals surface area contributed by atoms with Gasteiger partial charge in [-0.1, -0.05) is 31.5 Å². The first-order valence-corrected chi connectivity index (χ1v) is 15.3. The van der Waals surface area contributed by atoms with E-state index in [0.717, 1.165) is 18.7 Å². The summed E-state index contributed by atoms with van der Waals surface area (Å²) in [6.07, 6.45) is 11.7. The number of nitrogens with zero attached hydrogens (tertiary/aromatic N) is 5. The lowest BCUT2D eigenvalue weighted by atomic mass is 10.0. The normalized spacial score (nSPS) is 14.1. The number of aromatic nitrogens is 4. The standard InChI is InChI=1S/C11H11N3O2.C9H11ClN2Si.C5H9NO2.ClH/c1-3-8-4-12-11(13-5-8)14-6-9(7-14)10(15)16-2;1-13(2,3)5-4-8-6-11-9(10)12-7-8;1-8-5(7)4-2-6-3-4;/h1,4-5,9H,6-7H2,2H3;6-7H,1-3H3;4,6H,2-3H2,1H3;1H. The van der Waals surface area contributed by atoms with Gasteiger partial charge in [-0.25, -0.2) is 19.9 Å². The van der Waals surface area contributed by atoms with E-state index in [0.29, 0.717) is 24.6 Å². The molecule has 0 aromatic carbocycles. The molecule has 38 heavy (non-hydrogen) atoms. The predicted molar refractivity (Wildman–Crippen MR) is 151 cm³/mol. The predicted octanol–water partition coefficient (Wildman–Crippen LogP) is 2.23. The van der Waals surface area contributed by atoms with Crippen molar-refractivity contribution in [2.75, 3.05) is 45.3 Å². The van der Waals surface area contributed by atoms with Crippen molar-refractivity contribution in [1.82, 2.24) is 25.3 Å². The summed E-state index contributed by atoms with van der Waals surface area (Å²) in [6.45, 7) is 9.34. The van der Waals surface area contributed by atoms with Gasteiger partial charge in [0.05, 0.1) is 37.2 Å². The molecule has 0 spiro atoms. The van der Waals surface area contributed by atoms with Gasteiger partial charge in [0.25, 0.3) is 0 Å². The Labute approximate surface area is 235 Å². The Morgan fingerprint density at radius 3 is 1.87 bits per heavy atom. The van der Waals surface area contributed by atoms with E-state index in [9.17, 15) is 9.59 Å².